The second kappa shape index (κ2) is 8.95. The number of urea groups is 1. The van der Waals surface area contributed by atoms with Crippen LogP contribution in [0.4, 0.5) is 9.18 Å². The van der Waals surface area contributed by atoms with Gasteiger partial charge in [-0.15, -0.1) is 0 Å². The molecular weight excluding hydrogens is 365 g/mol. The molecule has 1 N–H and O–H groups in total. The van der Waals surface area contributed by atoms with Crippen molar-refractivity contribution in [3.63, 3.8) is 0 Å². The predicted molar refractivity (Wildman–Crippen MR) is 113 cm³/mol. The topological polar surface area (TPSA) is 35.6 Å². The maximum atomic E-state index is 14.3. The molecule has 2 aromatic carbocycles. The van der Waals surface area contributed by atoms with Crippen LogP contribution in [0.3, 0.4) is 0 Å². The molecule has 154 valence electrons. The molecule has 29 heavy (non-hydrogen) atoms. The van der Waals surface area contributed by atoms with E-state index in [1.54, 1.807) is 12.1 Å². The van der Waals surface area contributed by atoms with Crippen molar-refractivity contribution in [1.29, 1.82) is 0 Å². The van der Waals surface area contributed by atoms with E-state index in [-0.39, 0.29) is 30.0 Å². The van der Waals surface area contributed by atoms with E-state index in [1.807, 2.05) is 24.0 Å². The molecule has 1 saturated carbocycles. The molecule has 4 nitrogen and oxygen atoms in total. The van der Waals surface area contributed by atoms with Crippen molar-refractivity contribution in [2.75, 3.05) is 13.1 Å². The van der Waals surface area contributed by atoms with Gasteiger partial charge in [0.25, 0.3) is 0 Å². The monoisotopic (exact) mass is 395 g/mol. The zero-order valence-electron chi connectivity index (χ0n) is 17.1. The lowest BCUT2D eigenvalue weighted by atomic mass is 10.0. The number of carbonyl (C=O) groups excluding carboxylic acids is 1. The van der Waals surface area contributed by atoms with Gasteiger partial charge in [0.1, 0.15) is 5.82 Å². The van der Waals surface area contributed by atoms with Crippen LogP contribution < -0.4 is 5.32 Å². The molecule has 2 fully saturated rings. The molecular formula is C24H30FN3O. The highest BCUT2D eigenvalue weighted by molar-refractivity contribution is 5.76. The van der Waals surface area contributed by atoms with E-state index in [9.17, 15) is 9.18 Å². The van der Waals surface area contributed by atoms with Gasteiger partial charge < -0.3 is 10.2 Å². The van der Waals surface area contributed by atoms with Crippen molar-refractivity contribution in [1.82, 2.24) is 15.1 Å². The zero-order chi connectivity index (χ0) is 20.2. The lowest BCUT2D eigenvalue weighted by Gasteiger charge is -2.35. The van der Waals surface area contributed by atoms with Gasteiger partial charge in [0.15, 0.2) is 0 Å². The van der Waals surface area contributed by atoms with Crippen LogP contribution in [0, 0.1) is 5.82 Å². The lowest BCUT2D eigenvalue weighted by Crippen LogP contribution is -2.50. The van der Waals surface area contributed by atoms with Crippen molar-refractivity contribution < 1.29 is 9.18 Å². The van der Waals surface area contributed by atoms with Crippen LogP contribution in [0.2, 0.25) is 0 Å². The van der Waals surface area contributed by atoms with Crippen LogP contribution in [0.5, 0.6) is 0 Å². The second-order valence-corrected chi connectivity index (χ2v) is 8.32. The molecule has 2 aromatic rings. The molecule has 4 rings (SSSR count). The number of rotatable bonds is 6. The largest absolute Gasteiger partial charge is 0.335 e. The number of hydrogen-bond donors (Lipinski definition) is 1. The quantitative estimate of drug-likeness (QED) is 0.768. The van der Waals surface area contributed by atoms with Gasteiger partial charge in [-0.25, -0.2) is 9.18 Å². The summed E-state index contributed by atoms with van der Waals surface area (Å²) in [6.07, 6.45) is 3.90. The Balaban J connectivity index is 1.33. The summed E-state index contributed by atoms with van der Waals surface area (Å²) in [6.45, 7) is 4.84. The number of halogens is 1. The standard InChI is InChI=1S/C24H30FN3O/c1-18(22-9-5-6-10-23(22)25)28(21-11-12-21)24(29)26-20-13-15-27(16-14-20)17-19-7-3-2-4-8-19/h2-10,18,20-21H,11-17H2,1H3,(H,26,29)/t18-/m1/s1. The summed E-state index contributed by atoms with van der Waals surface area (Å²) in [5.41, 5.74) is 1.92. The Morgan fingerprint density at radius 2 is 1.72 bits per heavy atom. The van der Waals surface area contributed by atoms with Crippen LogP contribution in [0.15, 0.2) is 54.6 Å². The minimum absolute atomic E-state index is 0.0511. The van der Waals surface area contributed by atoms with Crippen LogP contribution in [0.25, 0.3) is 0 Å². The molecule has 2 aliphatic rings. The van der Waals surface area contributed by atoms with E-state index in [0.717, 1.165) is 45.3 Å². The van der Waals surface area contributed by atoms with Gasteiger partial charge in [-0.1, -0.05) is 48.5 Å². The summed E-state index contributed by atoms with van der Waals surface area (Å²) in [5, 5.41) is 3.23. The minimum Gasteiger partial charge on any atom is -0.335 e. The SMILES string of the molecule is C[C@H](c1ccccc1F)N(C(=O)NC1CCN(Cc2ccccc2)CC1)C1CC1. The van der Waals surface area contributed by atoms with Crippen molar-refractivity contribution in [2.45, 2.75) is 57.3 Å². The van der Waals surface area contributed by atoms with Crippen LogP contribution >= 0.6 is 0 Å². The Kier molecular flexibility index (Phi) is 6.14. The molecule has 0 spiro atoms. The molecule has 5 heteroatoms. The molecule has 1 aliphatic heterocycles. The third-order valence-electron chi connectivity index (χ3n) is 6.11. The van der Waals surface area contributed by atoms with Crippen LogP contribution in [-0.2, 0) is 6.54 Å². The molecule has 1 atom stereocenters. The average Bonchev–Trinajstić information content (AvgIpc) is 3.56. The Bertz CT molecular complexity index is 816. The third kappa shape index (κ3) is 4.96. The molecule has 0 bridgehead atoms. The minimum atomic E-state index is -0.262. The fourth-order valence-corrected chi connectivity index (χ4v) is 4.30. The Morgan fingerprint density at radius 1 is 1.07 bits per heavy atom. The van der Waals surface area contributed by atoms with Gasteiger partial charge in [0.2, 0.25) is 0 Å². The van der Waals surface area contributed by atoms with Gasteiger partial charge in [-0.2, -0.15) is 0 Å². The van der Waals surface area contributed by atoms with E-state index in [0.29, 0.717) is 5.56 Å². The number of amides is 2. The summed E-state index contributed by atoms with van der Waals surface area (Å²) in [4.78, 5) is 17.4. The second-order valence-electron chi connectivity index (χ2n) is 8.32. The first kappa shape index (κ1) is 19.9. The number of hydrogen-bond acceptors (Lipinski definition) is 2. The summed E-state index contributed by atoms with van der Waals surface area (Å²) in [5.74, 6) is -0.243. The molecule has 1 aliphatic carbocycles. The summed E-state index contributed by atoms with van der Waals surface area (Å²) in [6, 6.07) is 17.4. The maximum absolute atomic E-state index is 14.3. The van der Waals surface area contributed by atoms with Crippen molar-refractivity contribution >= 4 is 6.03 Å². The van der Waals surface area contributed by atoms with Crippen molar-refractivity contribution in [3.8, 4) is 0 Å². The number of nitrogens with zero attached hydrogens (tertiary/aromatic N) is 2. The highest BCUT2D eigenvalue weighted by atomic mass is 19.1. The van der Waals surface area contributed by atoms with E-state index < -0.39 is 0 Å². The molecule has 2 amide bonds. The Morgan fingerprint density at radius 3 is 2.38 bits per heavy atom. The van der Waals surface area contributed by atoms with E-state index in [1.165, 1.54) is 11.6 Å². The number of likely N-dealkylation sites (tertiary alicyclic amines) is 1. The van der Waals surface area contributed by atoms with E-state index in [4.69, 9.17) is 0 Å². The van der Waals surface area contributed by atoms with Crippen molar-refractivity contribution in [2.24, 2.45) is 0 Å². The van der Waals surface area contributed by atoms with Gasteiger partial charge in [0, 0.05) is 37.3 Å². The smallest absolute Gasteiger partial charge is 0.318 e. The molecule has 0 radical (unpaired) electrons. The summed E-state index contributed by atoms with van der Waals surface area (Å²) < 4.78 is 14.3. The van der Waals surface area contributed by atoms with Gasteiger partial charge in [0.05, 0.1) is 6.04 Å². The number of carbonyl (C=O) groups is 1. The number of benzene rings is 2. The van der Waals surface area contributed by atoms with Gasteiger partial charge >= 0.3 is 6.03 Å². The van der Waals surface area contributed by atoms with E-state index >= 15 is 0 Å². The molecule has 0 aromatic heterocycles. The zero-order valence-corrected chi connectivity index (χ0v) is 17.1. The first-order valence-electron chi connectivity index (χ1n) is 10.7. The summed E-state index contributed by atoms with van der Waals surface area (Å²) in [7, 11) is 0. The van der Waals surface area contributed by atoms with Gasteiger partial charge in [-0.05, 0) is 44.2 Å². The fourth-order valence-electron chi connectivity index (χ4n) is 4.30. The number of nitrogens with one attached hydrogen (secondary N) is 1. The predicted octanol–water partition coefficient (Wildman–Crippen LogP) is 4.73. The Hall–Kier alpha value is -2.40. The van der Waals surface area contributed by atoms with Crippen molar-refractivity contribution in [3.05, 3.63) is 71.5 Å². The molecule has 1 heterocycles. The average molecular weight is 396 g/mol. The Labute approximate surface area is 172 Å². The van der Waals surface area contributed by atoms with Gasteiger partial charge in [-0.3, -0.25) is 4.90 Å². The normalized spacial score (nSPS) is 19.0. The highest BCUT2D eigenvalue weighted by Crippen LogP contribution is 2.35. The summed E-state index contributed by atoms with van der Waals surface area (Å²) >= 11 is 0. The molecule has 0 unspecified atom stereocenters. The lowest BCUT2D eigenvalue weighted by molar-refractivity contribution is 0.154. The highest BCUT2D eigenvalue weighted by Gasteiger charge is 2.38. The van der Waals surface area contributed by atoms with Crippen LogP contribution in [0.1, 0.15) is 49.8 Å². The third-order valence-corrected chi connectivity index (χ3v) is 6.11. The first-order chi connectivity index (χ1) is 14.1. The fraction of sp³-hybridized carbons (Fsp3) is 0.458. The van der Waals surface area contributed by atoms with E-state index in [2.05, 4.69) is 34.5 Å². The number of piperidine rings is 1. The van der Waals surface area contributed by atoms with Crippen LogP contribution in [-0.4, -0.2) is 41.0 Å². The first-order valence-corrected chi connectivity index (χ1v) is 10.7. The molecule has 1 saturated heterocycles. The maximum Gasteiger partial charge on any atom is 0.318 e.